The molecule has 1 fully saturated rings. The van der Waals surface area contributed by atoms with E-state index in [0.29, 0.717) is 18.6 Å². The number of benzene rings is 2. The Balaban J connectivity index is 1.43. The molecule has 2 aromatic rings. The minimum absolute atomic E-state index is 0.0492. The fourth-order valence-electron chi connectivity index (χ4n) is 3.14. The van der Waals surface area contributed by atoms with Gasteiger partial charge in [-0.3, -0.25) is 4.79 Å². The van der Waals surface area contributed by atoms with E-state index in [1.165, 1.54) is 16.4 Å². The first kappa shape index (κ1) is 21.3. The van der Waals surface area contributed by atoms with Crippen molar-refractivity contribution in [2.75, 3.05) is 26.3 Å². The first-order valence-corrected chi connectivity index (χ1v) is 10.9. The highest BCUT2D eigenvalue weighted by atomic mass is 32.2. The molecule has 0 spiro atoms. The number of piperidine rings is 1. The van der Waals surface area contributed by atoms with Crippen LogP contribution in [0.5, 0.6) is 5.75 Å². The monoisotopic (exact) mass is 421 g/mol. The zero-order valence-corrected chi connectivity index (χ0v) is 17.0. The normalized spacial score (nSPS) is 15.8. The molecule has 0 radical (unpaired) electrons. The van der Waals surface area contributed by atoms with Gasteiger partial charge in [-0.1, -0.05) is 17.7 Å². The van der Waals surface area contributed by atoms with Crippen LogP contribution in [-0.2, 0) is 19.6 Å². The van der Waals surface area contributed by atoms with Crippen molar-refractivity contribution in [3.63, 3.8) is 0 Å². The molecule has 0 amide bonds. The number of hydrogen-bond acceptors (Lipinski definition) is 5. The molecule has 1 heterocycles. The summed E-state index contributed by atoms with van der Waals surface area (Å²) in [7, 11) is -3.69. The fraction of sp³-hybridized carbons (Fsp3) is 0.381. The molecule has 0 aromatic heterocycles. The van der Waals surface area contributed by atoms with E-state index < -0.39 is 15.8 Å². The smallest absolute Gasteiger partial charge is 0.309 e. The molecule has 0 bridgehead atoms. The topological polar surface area (TPSA) is 72.9 Å². The molecule has 0 unspecified atom stereocenters. The van der Waals surface area contributed by atoms with Gasteiger partial charge in [-0.05, 0) is 56.2 Å². The largest absolute Gasteiger partial charge is 0.490 e. The predicted molar refractivity (Wildman–Crippen MR) is 106 cm³/mol. The second kappa shape index (κ2) is 9.37. The fourth-order valence-corrected chi connectivity index (χ4v) is 4.61. The number of carbonyl (C=O) groups excluding carboxylic acids is 1. The predicted octanol–water partition coefficient (Wildman–Crippen LogP) is 3.16. The van der Waals surface area contributed by atoms with Gasteiger partial charge in [-0.15, -0.1) is 0 Å². The van der Waals surface area contributed by atoms with Gasteiger partial charge in [0.25, 0.3) is 0 Å². The summed E-state index contributed by atoms with van der Waals surface area (Å²) in [5.74, 6) is -0.451. The number of esters is 1. The van der Waals surface area contributed by atoms with E-state index in [-0.39, 0.29) is 43.1 Å². The summed E-state index contributed by atoms with van der Waals surface area (Å²) in [5, 5.41) is 0. The molecule has 156 valence electrons. The first-order valence-electron chi connectivity index (χ1n) is 9.48. The molecule has 1 saturated heterocycles. The molecule has 1 aliphatic heterocycles. The van der Waals surface area contributed by atoms with Crippen molar-refractivity contribution in [1.82, 2.24) is 4.31 Å². The average molecular weight is 421 g/mol. The maximum Gasteiger partial charge on any atom is 0.309 e. The lowest BCUT2D eigenvalue weighted by molar-refractivity contribution is -0.150. The van der Waals surface area contributed by atoms with Crippen molar-refractivity contribution in [2.24, 2.45) is 5.92 Å². The average Bonchev–Trinajstić information content (AvgIpc) is 2.73. The second-order valence-electron chi connectivity index (χ2n) is 6.96. The Labute approximate surface area is 170 Å². The lowest BCUT2D eigenvalue weighted by Crippen LogP contribution is -2.40. The van der Waals surface area contributed by atoms with Gasteiger partial charge >= 0.3 is 5.97 Å². The van der Waals surface area contributed by atoms with Crippen LogP contribution in [0.15, 0.2) is 53.4 Å². The summed E-state index contributed by atoms with van der Waals surface area (Å²) < 4.78 is 50.4. The van der Waals surface area contributed by atoms with Crippen LogP contribution in [0.1, 0.15) is 18.4 Å². The number of sulfonamides is 1. The van der Waals surface area contributed by atoms with Gasteiger partial charge in [0.15, 0.2) is 0 Å². The summed E-state index contributed by atoms with van der Waals surface area (Å²) in [4.78, 5) is 12.3. The Morgan fingerprint density at radius 3 is 2.28 bits per heavy atom. The molecule has 8 heteroatoms. The zero-order chi connectivity index (χ0) is 20.9. The van der Waals surface area contributed by atoms with Crippen LogP contribution < -0.4 is 4.74 Å². The van der Waals surface area contributed by atoms with Gasteiger partial charge in [0.05, 0.1) is 10.8 Å². The SMILES string of the molecule is Cc1ccc(OCCOC(=O)C2CCN(S(=O)(=O)c3ccc(F)cc3)CC2)cc1. The number of nitrogens with zero attached hydrogens (tertiary/aromatic N) is 1. The molecule has 0 saturated carbocycles. The van der Waals surface area contributed by atoms with Crippen molar-refractivity contribution in [1.29, 1.82) is 0 Å². The van der Waals surface area contributed by atoms with Gasteiger partial charge in [0.1, 0.15) is 24.8 Å². The highest BCUT2D eigenvalue weighted by Gasteiger charge is 2.32. The summed E-state index contributed by atoms with van der Waals surface area (Å²) >= 11 is 0. The van der Waals surface area contributed by atoms with Crippen LogP contribution in [0.2, 0.25) is 0 Å². The highest BCUT2D eigenvalue weighted by molar-refractivity contribution is 7.89. The number of ether oxygens (including phenoxy) is 2. The Morgan fingerprint density at radius 2 is 1.66 bits per heavy atom. The van der Waals surface area contributed by atoms with E-state index in [2.05, 4.69) is 0 Å². The van der Waals surface area contributed by atoms with E-state index in [9.17, 15) is 17.6 Å². The minimum atomic E-state index is -3.69. The molecular weight excluding hydrogens is 397 g/mol. The van der Waals surface area contributed by atoms with E-state index in [0.717, 1.165) is 17.7 Å². The maximum atomic E-state index is 13.0. The number of aryl methyl sites for hydroxylation is 1. The van der Waals surface area contributed by atoms with Gasteiger partial charge in [0.2, 0.25) is 10.0 Å². The van der Waals surface area contributed by atoms with Crippen molar-refractivity contribution in [2.45, 2.75) is 24.7 Å². The van der Waals surface area contributed by atoms with Crippen LogP contribution in [0.3, 0.4) is 0 Å². The van der Waals surface area contributed by atoms with Crippen molar-refractivity contribution < 1.29 is 27.1 Å². The first-order chi connectivity index (χ1) is 13.9. The van der Waals surface area contributed by atoms with Crippen molar-refractivity contribution in [3.05, 3.63) is 59.9 Å². The molecule has 0 aliphatic carbocycles. The third-order valence-corrected chi connectivity index (χ3v) is 6.77. The van der Waals surface area contributed by atoms with E-state index in [1.807, 2.05) is 31.2 Å². The Kier molecular flexibility index (Phi) is 6.87. The van der Waals surface area contributed by atoms with Crippen molar-refractivity contribution in [3.8, 4) is 5.75 Å². The number of halogens is 1. The van der Waals surface area contributed by atoms with E-state index >= 15 is 0 Å². The van der Waals surface area contributed by atoms with Gasteiger partial charge in [-0.25, -0.2) is 12.8 Å². The molecule has 29 heavy (non-hydrogen) atoms. The van der Waals surface area contributed by atoms with Crippen LogP contribution in [0.25, 0.3) is 0 Å². The molecule has 0 atom stereocenters. The molecule has 2 aromatic carbocycles. The van der Waals surface area contributed by atoms with Crippen LogP contribution in [0.4, 0.5) is 4.39 Å². The zero-order valence-electron chi connectivity index (χ0n) is 16.2. The molecule has 6 nitrogen and oxygen atoms in total. The van der Waals surface area contributed by atoms with Gasteiger partial charge in [-0.2, -0.15) is 4.31 Å². The third-order valence-electron chi connectivity index (χ3n) is 4.86. The lowest BCUT2D eigenvalue weighted by Gasteiger charge is -2.30. The van der Waals surface area contributed by atoms with Gasteiger partial charge < -0.3 is 9.47 Å². The Bertz CT molecular complexity index is 921. The Morgan fingerprint density at radius 1 is 1.03 bits per heavy atom. The summed E-state index contributed by atoms with van der Waals surface area (Å²) in [6.45, 7) is 2.83. The van der Waals surface area contributed by atoms with Crippen LogP contribution in [0, 0.1) is 18.7 Å². The lowest BCUT2D eigenvalue weighted by atomic mass is 9.98. The minimum Gasteiger partial charge on any atom is -0.490 e. The number of hydrogen-bond donors (Lipinski definition) is 0. The molecular formula is C21H24FNO5S. The van der Waals surface area contributed by atoms with E-state index in [4.69, 9.17) is 9.47 Å². The van der Waals surface area contributed by atoms with Crippen molar-refractivity contribution >= 4 is 16.0 Å². The molecule has 3 rings (SSSR count). The number of rotatable bonds is 7. The standard InChI is InChI=1S/C21H24FNO5S/c1-16-2-6-19(7-3-16)27-14-15-28-21(24)17-10-12-23(13-11-17)29(25,26)20-8-4-18(22)5-9-20/h2-9,17H,10-15H2,1H3. The highest BCUT2D eigenvalue weighted by Crippen LogP contribution is 2.24. The Hall–Kier alpha value is -2.45. The number of carbonyl (C=O) groups is 1. The second-order valence-corrected chi connectivity index (χ2v) is 8.90. The van der Waals surface area contributed by atoms with E-state index in [1.54, 1.807) is 0 Å². The quantitative estimate of drug-likeness (QED) is 0.507. The maximum absolute atomic E-state index is 13.0. The summed E-state index contributed by atoms with van der Waals surface area (Å²) in [5.41, 5.74) is 1.14. The van der Waals surface area contributed by atoms with Gasteiger partial charge in [0, 0.05) is 13.1 Å². The van der Waals surface area contributed by atoms with Crippen LogP contribution in [-0.4, -0.2) is 45.0 Å². The molecule has 0 N–H and O–H groups in total. The summed E-state index contributed by atoms with van der Waals surface area (Å²) in [6, 6.07) is 12.3. The third kappa shape index (κ3) is 5.55. The van der Waals surface area contributed by atoms with Crippen LogP contribution >= 0.6 is 0 Å². The summed E-state index contributed by atoms with van der Waals surface area (Å²) in [6.07, 6.45) is 0.774. The molecule has 1 aliphatic rings.